The third-order valence-electron chi connectivity index (χ3n) is 3.71. The van der Waals surface area contributed by atoms with E-state index in [-0.39, 0.29) is 12.4 Å². The van der Waals surface area contributed by atoms with Crippen molar-refractivity contribution in [2.24, 2.45) is 11.1 Å². The maximum absolute atomic E-state index is 11.9. The van der Waals surface area contributed by atoms with Crippen molar-refractivity contribution in [1.29, 1.82) is 0 Å². The van der Waals surface area contributed by atoms with Crippen molar-refractivity contribution in [3.63, 3.8) is 0 Å². The van der Waals surface area contributed by atoms with Crippen LogP contribution in [0.15, 0.2) is 33.9 Å². The van der Waals surface area contributed by atoms with Crippen LogP contribution in [0, 0.1) is 5.92 Å². The van der Waals surface area contributed by atoms with Gasteiger partial charge in [-0.15, -0.1) is 12.4 Å². The van der Waals surface area contributed by atoms with E-state index >= 15 is 0 Å². The van der Waals surface area contributed by atoms with Crippen LogP contribution >= 0.6 is 28.3 Å². The lowest BCUT2D eigenvalue weighted by Crippen LogP contribution is -2.43. The third-order valence-corrected chi connectivity index (χ3v) is 4.24. The largest absolute Gasteiger partial charge is 0.365 e. The van der Waals surface area contributed by atoms with Crippen LogP contribution in [0.4, 0.5) is 0 Å². The molecule has 1 aliphatic heterocycles. The second-order valence-electron chi connectivity index (χ2n) is 5.36. The van der Waals surface area contributed by atoms with Crippen molar-refractivity contribution >= 4 is 40.0 Å². The van der Waals surface area contributed by atoms with E-state index < -0.39 is 5.97 Å². The molecular formula is C15H20BrClN2O2. The maximum Gasteiger partial charge on any atom is 0.365 e. The van der Waals surface area contributed by atoms with Gasteiger partial charge in [0.05, 0.1) is 11.3 Å². The highest BCUT2D eigenvalue weighted by molar-refractivity contribution is 9.10. The van der Waals surface area contributed by atoms with Crippen molar-refractivity contribution in [3.8, 4) is 0 Å². The summed E-state index contributed by atoms with van der Waals surface area (Å²) in [7, 11) is 2.10. The summed E-state index contributed by atoms with van der Waals surface area (Å²) in [4.78, 5) is 19.3. The van der Waals surface area contributed by atoms with Gasteiger partial charge in [0, 0.05) is 29.4 Å². The van der Waals surface area contributed by atoms with Crippen LogP contribution in [0.5, 0.6) is 0 Å². The normalized spacial score (nSPS) is 24.5. The summed E-state index contributed by atoms with van der Waals surface area (Å²) in [5.74, 6) is -0.0994. The van der Waals surface area contributed by atoms with Gasteiger partial charge in [0.25, 0.3) is 0 Å². The Balaban J connectivity index is 0.00000220. The SMILES string of the molecule is CC1CN(C)C(C)C/C1=N/OC(=O)c1ccc(Br)cc1.Cl. The number of likely N-dealkylation sites (tertiary alicyclic amines) is 1. The second-order valence-corrected chi connectivity index (χ2v) is 6.28. The van der Waals surface area contributed by atoms with Crippen molar-refractivity contribution in [2.45, 2.75) is 26.3 Å². The molecule has 1 heterocycles. The first-order valence-electron chi connectivity index (χ1n) is 6.71. The minimum atomic E-state index is -0.413. The predicted molar refractivity (Wildman–Crippen MR) is 90.1 cm³/mol. The topological polar surface area (TPSA) is 41.9 Å². The Kier molecular flexibility index (Phi) is 6.84. The number of nitrogens with zero attached hydrogens (tertiary/aromatic N) is 2. The smallest absolute Gasteiger partial charge is 0.313 e. The molecule has 1 aliphatic rings. The summed E-state index contributed by atoms with van der Waals surface area (Å²) in [5, 5.41) is 4.08. The van der Waals surface area contributed by atoms with E-state index in [4.69, 9.17) is 4.84 Å². The molecule has 0 saturated carbocycles. The molecule has 6 heteroatoms. The average molecular weight is 376 g/mol. The molecule has 0 aromatic heterocycles. The van der Waals surface area contributed by atoms with Gasteiger partial charge in [-0.25, -0.2) is 4.79 Å². The minimum Gasteiger partial charge on any atom is -0.313 e. The molecule has 0 spiro atoms. The van der Waals surface area contributed by atoms with Gasteiger partial charge < -0.3 is 9.74 Å². The Bertz CT molecular complexity index is 519. The van der Waals surface area contributed by atoms with Gasteiger partial charge in [0.1, 0.15) is 0 Å². The first-order chi connectivity index (χ1) is 9.47. The van der Waals surface area contributed by atoms with E-state index in [1.165, 1.54) is 0 Å². The van der Waals surface area contributed by atoms with Crippen LogP contribution in [0.25, 0.3) is 0 Å². The molecule has 116 valence electrons. The fraction of sp³-hybridized carbons (Fsp3) is 0.467. The van der Waals surface area contributed by atoms with Gasteiger partial charge in [-0.1, -0.05) is 28.0 Å². The van der Waals surface area contributed by atoms with Crippen LogP contribution in [0.1, 0.15) is 30.6 Å². The van der Waals surface area contributed by atoms with E-state index in [1.807, 2.05) is 12.1 Å². The minimum absolute atomic E-state index is 0. The summed E-state index contributed by atoms with van der Waals surface area (Å²) in [5.41, 5.74) is 1.47. The van der Waals surface area contributed by atoms with E-state index in [0.29, 0.717) is 17.5 Å². The monoisotopic (exact) mass is 374 g/mol. The van der Waals surface area contributed by atoms with Crippen LogP contribution < -0.4 is 0 Å². The number of carbonyl (C=O) groups is 1. The first kappa shape index (κ1) is 18.1. The highest BCUT2D eigenvalue weighted by Crippen LogP contribution is 2.18. The second kappa shape index (κ2) is 7.92. The Labute approximate surface area is 140 Å². The number of benzene rings is 1. The molecule has 0 bridgehead atoms. The lowest BCUT2D eigenvalue weighted by atomic mass is 9.93. The fourth-order valence-electron chi connectivity index (χ4n) is 2.24. The van der Waals surface area contributed by atoms with E-state index in [1.54, 1.807) is 12.1 Å². The lowest BCUT2D eigenvalue weighted by Gasteiger charge is -2.34. The van der Waals surface area contributed by atoms with E-state index in [2.05, 4.69) is 46.9 Å². The zero-order valence-corrected chi connectivity index (χ0v) is 14.8. The van der Waals surface area contributed by atoms with Crippen molar-refractivity contribution < 1.29 is 9.63 Å². The molecule has 0 amide bonds. The fourth-order valence-corrected chi connectivity index (χ4v) is 2.51. The molecular weight excluding hydrogens is 356 g/mol. The molecule has 0 radical (unpaired) electrons. The molecule has 1 aromatic rings. The average Bonchev–Trinajstić information content (AvgIpc) is 2.42. The highest BCUT2D eigenvalue weighted by atomic mass is 79.9. The molecule has 21 heavy (non-hydrogen) atoms. The molecule has 2 unspecified atom stereocenters. The number of oxime groups is 1. The molecule has 1 saturated heterocycles. The summed E-state index contributed by atoms with van der Waals surface area (Å²) >= 11 is 3.33. The van der Waals surface area contributed by atoms with E-state index in [0.717, 1.165) is 23.1 Å². The summed E-state index contributed by atoms with van der Waals surface area (Å²) in [6.07, 6.45) is 0.839. The summed E-state index contributed by atoms with van der Waals surface area (Å²) < 4.78 is 0.929. The predicted octanol–water partition coefficient (Wildman–Crippen LogP) is 3.74. The molecule has 0 N–H and O–H groups in total. The van der Waals surface area contributed by atoms with Crippen molar-refractivity contribution in [3.05, 3.63) is 34.3 Å². The van der Waals surface area contributed by atoms with Crippen LogP contribution in [-0.4, -0.2) is 36.2 Å². The standard InChI is InChI=1S/C15H19BrN2O2.ClH/c1-10-9-18(3)11(2)8-14(10)17-20-15(19)12-4-6-13(16)7-5-12;/h4-7,10-11H,8-9H2,1-3H3;1H/b17-14-;. The Morgan fingerprint density at radius 3 is 2.57 bits per heavy atom. The number of carbonyl (C=O) groups excluding carboxylic acids is 1. The van der Waals surface area contributed by atoms with Gasteiger partial charge in [-0.2, -0.15) is 0 Å². The van der Waals surface area contributed by atoms with Gasteiger partial charge >= 0.3 is 5.97 Å². The van der Waals surface area contributed by atoms with Gasteiger partial charge in [0.15, 0.2) is 0 Å². The summed E-state index contributed by atoms with van der Waals surface area (Å²) in [6.45, 7) is 5.20. The maximum atomic E-state index is 11.9. The van der Waals surface area contributed by atoms with Gasteiger partial charge in [-0.05, 0) is 38.2 Å². The zero-order valence-electron chi connectivity index (χ0n) is 12.4. The van der Waals surface area contributed by atoms with E-state index in [9.17, 15) is 4.79 Å². The Hall–Kier alpha value is -0.910. The van der Waals surface area contributed by atoms with Crippen molar-refractivity contribution in [2.75, 3.05) is 13.6 Å². The first-order valence-corrected chi connectivity index (χ1v) is 7.50. The quantitative estimate of drug-likeness (QED) is 0.584. The number of piperidine rings is 1. The Morgan fingerprint density at radius 2 is 1.95 bits per heavy atom. The van der Waals surface area contributed by atoms with Crippen LogP contribution in [-0.2, 0) is 4.84 Å². The zero-order chi connectivity index (χ0) is 14.7. The molecule has 1 fully saturated rings. The van der Waals surface area contributed by atoms with Gasteiger partial charge in [0.2, 0.25) is 0 Å². The number of halogens is 2. The van der Waals surface area contributed by atoms with Crippen LogP contribution in [0.2, 0.25) is 0 Å². The molecule has 1 aromatic carbocycles. The van der Waals surface area contributed by atoms with Gasteiger partial charge in [-0.3, -0.25) is 0 Å². The third kappa shape index (κ3) is 4.80. The molecule has 2 atom stereocenters. The molecule has 0 aliphatic carbocycles. The summed E-state index contributed by atoms with van der Waals surface area (Å²) in [6, 6.07) is 7.48. The highest BCUT2D eigenvalue weighted by Gasteiger charge is 2.26. The van der Waals surface area contributed by atoms with Crippen molar-refractivity contribution in [1.82, 2.24) is 4.90 Å². The molecule has 4 nitrogen and oxygen atoms in total. The lowest BCUT2D eigenvalue weighted by molar-refractivity contribution is 0.0508. The number of hydrogen-bond acceptors (Lipinski definition) is 4. The van der Waals surface area contributed by atoms with Crippen LogP contribution in [0.3, 0.4) is 0 Å². The number of rotatable bonds is 2. The number of hydrogen-bond donors (Lipinski definition) is 0. The molecule has 2 rings (SSSR count). The Morgan fingerprint density at radius 1 is 1.33 bits per heavy atom.